The van der Waals surface area contributed by atoms with Gasteiger partial charge in [-0.15, -0.1) is 0 Å². The van der Waals surface area contributed by atoms with Gasteiger partial charge in [-0.1, -0.05) is 26.2 Å². The Balaban J connectivity index is 0.000000237. The van der Waals surface area contributed by atoms with Gasteiger partial charge in [-0.2, -0.15) is 46.8 Å². The smallest absolute Gasteiger partial charge is 0.421 e. The van der Waals surface area contributed by atoms with Crippen LogP contribution in [0, 0.1) is 22.7 Å². The summed E-state index contributed by atoms with van der Waals surface area (Å²) in [5.74, 6) is -0.587. The second-order valence-electron chi connectivity index (χ2n) is 12.1. The molecule has 2 aromatic carbocycles. The predicted octanol–water partition coefficient (Wildman–Crippen LogP) is 9.55. The van der Waals surface area contributed by atoms with Crippen LogP contribution >= 0.6 is 0 Å². The quantitative estimate of drug-likeness (QED) is 0.102. The van der Waals surface area contributed by atoms with E-state index in [-0.39, 0.29) is 29.8 Å². The monoisotopic (exact) mass is 740 g/mol. The van der Waals surface area contributed by atoms with Crippen molar-refractivity contribution in [3.05, 3.63) is 83.2 Å². The van der Waals surface area contributed by atoms with E-state index in [1.165, 1.54) is 48.2 Å². The topological polar surface area (TPSA) is 124 Å². The highest BCUT2D eigenvalue weighted by Crippen LogP contribution is 2.39. The van der Waals surface area contributed by atoms with E-state index in [1.54, 1.807) is 24.3 Å². The third kappa shape index (κ3) is 11.2. The molecule has 1 fully saturated rings. The van der Waals surface area contributed by atoms with Crippen LogP contribution < -0.4 is 19.3 Å². The summed E-state index contributed by atoms with van der Waals surface area (Å²) in [6, 6.07) is 16.2. The zero-order valence-corrected chi connectivity index (χ0v) is 29.4. The van der Waals surface area contributed by atoms with Crippen LogP contribution in [0.4, 0.5) is 49.4 Å². The zero-order chi connectivity index (χ0) is 38.6. The summed E-state index contributed by atoms with van der Waals surface area (Å²) < 4.78 is 91.4. The molecular weight excluding hydrogens is 702 g/mol. The highest BCUT2D eigenvalue weighted by Gasteiger charge is 2.38. The molecule has 0 radical (unpaired) electrons. The fourth-order valence-electron chi connectivity index (χ4n) is 5.36. The second-order valence-corrected chi connectivity index (χ2v) is 12.1. The highest BCUT2D eigenvalue weighted by atomic mass is 19.4. The molecule has 0 N–H and O–H groups in total. The molecule has 0 atom stereocenters. The molecule has 4 aromatic rings. The van der Waals surface area contributed by atoms with Crippen molar-refractivity contribution in [1.82, 2.24) is 19.9 Å². The number of hydrogen-bond acceptors (Lipinski definition) is 10. The molecule has 0 amide bonds. The largest absolute Gasteiger partial charge is 0.463 e. The molecule has 0 aliphatic heterocycles. The van der Waals surface area contributed by atoms with Gasteiger partial charge in [-0.05, 0) is 80.6 Å². The molecule has 2 aromatic heterocycles. The van der Waals surface area contributed by atoms with E-state index in [4.69, 9.17) is 20.0 Å². The van der Waals surface area contributed by atoms with Crippen LogP contribution in [0.5, 0.6) is 12.0 Å². The van der Waals surface area contributed by atoms with Gasteiger partial charge in [-0.25, -0.2) is 9.97 Å². The summed E-state index contributed by atoms with van der Waals surface area (Å²) in [6.45, 7) is 2.44. The van der Waals surface area contributed by atoms with E-state index < -0.39 is 23.5 Å². The molecular formula is C37H38F6N8O2. The SMILES string of the molecule is CCCCCCOc1ncc(C(F)(F)F)c(N(C)c2ccc(C#N)cc2)n1.CN(c1ccc(C#N)cc1)c1nc(OC2CCCC2)ncc1C(F)(F)F. The van der Waals surface area contributed by atoms with Crippen molar-refractivity contribution in [2.45, 2.75) is 76.7 Å². The maximum Gasteiger partial charge on any atom is 0.421 e. The average molecular weight is 741 g/mol. The number of unbranched alkanes of at least 4 members (excludes halogenated alkanes) is 3. The number of nitriles is 2. The number of halogens is 6. The Morgan fingerprint density at radius 1 is 0.698 bits per heavy atom. The molecule has 1 aliphatic rings. The van der Waals surface area contributed by atoms with Crippen LogP contribution in [0.3, 0.4) is 0 Å². The van der Waals surface area contributed by atoms with Gasteiger partial charge in [0.25, 0.3) is 0 Å². The van der Waals surface area contributed by atoms with Crippen LogP contribution in [0.2, 0.25) is 0 Å². The van der Waals surface area contributed by atoms with Gasteiger partial charge in [0.15, 0.2) is 11.6 Å². The van der Waals surface area contributed by atoms with Crippen LogP contribution in [0.15, 0.2) is 60.9 Å². The molecule has 53 heavy (non-hydrogen) atoms. The first-order chi connectivity index (χ1) is 25.2. The van der Waals surface area contributed by atoms with E-state index in [1.807, 2.05) is 12.1 Å². The van der Waals surface area contributed by atoms with Crippen molar-refractivity contribution in [2.24, 2.45) is 0 Å². The van der Waals surface area contributed by atoms with E-state index in [0.717, 1.165) is 63.8 Å². The van der Waals surface area contributed by atoms with E-state index in [0.29, 0.717) is 29.1 Å². The van der Waals surface area contributed by atoms with Crippen molar-refractivity contribution in [2.75, 3.05) is 30.5 Å². The molecule has 0 bridgehead atoms. The lowest BCUT2D eigenvalue weighted by atomic mass is 10.2. The van der Waals surface area contributed by atoms with Crippen LogP contribution in [-0.4, -0.2) is 46.7 Å². The Hall–Kier alpha value is -5.64. The van der Waals surface area contributed by atoms with Gasteiger partial charge in [0, 0.05) is 37.9 Å². The van der Waals surface area contributed by atoms with Crippen molar-refractivity contribution in [3.8, 4) is 24.2 Å². The molecule has 0 spiro atoms. The maximum absolute atomic E-state index is 13.4. The number of benzene rings is 2. The van der Waals surface area contributed by atoms with Gasteiger partial charge in [0.1, 0.15) is 17.2 Å². The lowest BCUT2D eigenvalue weighted by Gasteiger charge is -2.23. The number of ether oxygens (including phenoxy) is 2. The summed E-state index contributed by atoms with van der Waals surface area (Å²) in [5, 5.41) is 17.7. The first kappa shape index (κ1) is 40.1. The van der Waals surface area contributed by atoms with Crippen LogP contribution in [-0.2, 0) is 12.4 Å². The number of nitrogens with zero attached hydrogens (tertiary/aromatic N) is 8. The van der Waals surface area contributed by atoms with Crippen molar-refractivity contribution < 1.29 is 35.8 Å². The van der Waals surface area contributed by atoms with Crippen LogP contribution in [0.1, 0.15) is 80.5 Å². The van der Waals surface area contributed by atoms with Gasteiger partial charge < -0.3 is 19.3 Å². The molecule has 0 saturated heterocycles. The normalized spacial score (nSPS) is 13.0. The third-order valence-electron chi connectivity index (χ3n) is 8.31. The molecule has 2 heterocycles. The minimum atomic E-state index is -4.60. The predicted molar refractivity (Wildman–Crippen MR) is 185 cm³/mol. The molecule has 280 valence electrons. The standard InChI is InChI=1S/C19H21F3N4O.C18H17F3N4O/c1-3-4-5-6-11-27-18-24-13-16(19(20,21)22)17(25-18)26(2)15-9-7-14(12-23)8-10-15;1-25(13-8-6-12(10-22)7-9-13)16-15(18(19,20)21)11-23-17(24-16)26-14-4-2-3-5-14/h7-10,13H,3-6,11H2,1-2H3;6-9,11,14H,2-5H2,1H3. The summed E-state index contributed by atoms with van der Waals surface area (Å²) in [6.07, 6.45) is -0.0638. The Bertz CT molecular complexity index is 1870. The fraction of sp³-hybridized carbons (Fsp3) is 0.405. The third-order valence-corrected chi connectivity index (χ3v) is 8.31. The van der Waals surface area contributed by atoms with Gasteiger partial charge in [-0.3, -0.25) is 0 Å². The second kappa shape index (κ2) is 18.2. The molecule has 1 saturated carbocycles. The first-order valence-electron chi connectivity index (χ1n) is 16.9. The van der Waals surface area contributed by atoms with E-state index in [2.05, 4.69) is 26.9 Å². The number of hydrogen-bond donors (Lipinski definition) is 0. The summed E-state index contributed by atoms with van der Waals surface area (Å²) in [5.41, 5.74) is -0.115. The van der Waals surface area contributed by atoms with Crippen molar-refractivity contribution >= 4 is 23.0 Å². The molecule has 0 unspecified atom stereocenters. The number of rotatable bonds is 12. The minimum Gasteiger partial charge on any atom is -0.463 e. The molecule has 16 heteroatoms. The summed E-state index contributed by atoms with van der Waals surface area (Å²) in [7, 11) is 2.96. The lowest BCUT2D eigenvalue weighted by molar-refractivity contribution is -0.138. The fourth-order valence-corrected chi connectivity index (χ4v) is 5.36. The molecule has 1 aliphatic carbocycles. The minimum absolute atomic E-state index is 0.0552. The van der Waals surface area contributed by atoms with Crippen molar-refractivity contribution in [1.29, 1.82) is 10.5 Å². The Kier molecular flexibility index (Phi) is 13.8. The lowest BCUT2D eigenvalue weighted by Crippen LogP contribution is -2.20. The molecule has 10 nitrogen and oxygen atoms in total. The van der Waals surface area contributed by atoms with Gasteiger partial charge >= 0.3 is 24.4 Å². The van der Waals surface area contributed by atoms with E-state index >= 15 is 0 Å². The van der Waals surface area contributed by atoms with Crippen LogP contribution in [0.25, 0.3) is 0 Å². The number of aromatic nitrogens is 4. The van der Waals surface area contributed by atoms with Gasteiger partial charge in [0.05, 0.1) is 29.9 Å². The Labute approximate surface area is 303 Å². The number of alkyl halides is 6. The summed E-state index contributed by atoms with van der Waals surface area (Å²) in [4.78, 5) is 18.1. The van der Waals surface area contributed by atoms with E-state index in [9.17, 15) is 26.3 Å². The zero-order valence-electron chi connectivity index (χ0n) is 29.4. The highest BCUT2D eigenvalue weighted by molar-refractivity contribution is 5.64. The Morgan fingerprint density at radius 2 is 1.15 bits per heavy atom. The van der Waals surface area contributed by atoms with Crippen molar-refractivity contribution in [3.63, 3.8) is 0 Å². The first-order valence-corrected chi connectivity index (χ1v) is 16.9. The summed E-state index contributed by atoms with van der Waals surface area (Å²) >= 11 is 0. The Morgan fingerprint density at radius 3 is 1.58 bits per heavy atom. The number of anilines is 4. The molecule has 5 rings (SSSR count). The van der Waals surface area contributed by atoms with Gasteiger partial charge in [0.2, 0.25) is 0 Å². The average Bonchev–Trinajstić information content (AvgIpc) is 3.66. The maximum atomic E-state index is 13.4.